The molecule has 9 heteroatoms. The van der Waals surface area contributed by atoms with Gasteiger partial charge in [0.2, 0.25) is 0 Å². The first-order chi connectivity index (χ1) is 12.8. The van der Waals surface area contributed by atoms with Crippen molar-refractivity contribution in [3.05, 3.63) is 28.8 Å². The molecule has 3 rings (SSSR count). The third-order valence-corrected chi connectivity index (χ3v) is 5.35. The van der Waals surface area contributed by atoms with Crippen LogP contribution < -0.4 is 11.4 Å². The highest BCUT2D eigenvalue weighted by atomic mass is 16.6. The van der Waals surface area contributed by atoms with E-state index >= 15 is 0 Å². The molecule has 0 unspecified atom stereocenters. The lowest BCUT2D eigenvalue weighted by Gasteiger charge is -2.31. The number of carbonyl (C=O) groups excluding carboxylic acids is 1. The Balaban J connectivity index is 2.02. The third kappa shape index (κ3) is 3.26. The SMILES string of the molecule is C=Cc1cn([C@]2(C(=O)OCC3CCCC3)O[C@H](C)[C@@H](O)[C@H]2O)c(=O)nc1N. The Morgan fingerprint density at radius 3 is 2.74 bits per heavy atom. The van der Waals surface area contributed by atoms with Crippen molar-refractivity contribution in [3.8, 4) is 0 Å². The summed E-state index contributed by atoms with van der Waals surface area (Å²) in [6, 6.07) is 0. The average Bonchev–Trinajstić information content (AvgIpc) is 3.23. The fourth-order valence-corrected chi connectivity index (χ4v) is 3.73. The number of hydrogen-bond donors (Lipinski definition) is 3. The first kappa shape index (κ1) is 19.5. The molecule has 27 heavy (non-hydrogen) atoms. The summed E-state index contributed by atoms with van der Waals surface area (Å²) in [5, 5.41) is 20.8. The van der Waals surface area contributed by atoms with Crippen LogP contribution in [0.1, 0.15) is 38.2 Å². The van der Waals surface area contributed by atoms with E-state index in [4.69, 9.17) is 15.2 Å². The van der Waals surface area contributed by atoms with Crippen LogP contribution in [0.4, 0.5) is 5.82 Å². The molecule has 0 amide bonds. The number of rotatable bonds is 5. The summed E-state index contributed by atoms with van der Waals surface area (Å²) in [6.07, 6.45) is 2.62. The van der Waals surface area contributed by atoms with Crippen molar-refractivity contribution in [2.75, 3.05) is 12.3 Å². The van der Waals surface area contributed by atoms with Crippen molar-refractivity contribution in [2.45, 2.75) is 56.6 Å². The van der Waals surface area contributed by atoms with Crippen molar-refractivity contribution >= 4 is 17.9 Å². The van der Waals surface area contributed by atoms with Crippen LogP contribution >= 0.6 is 0 Å². The molecule has 1 aromatic heterocycles. The van der Waals surface area contributed by atoms with Gasteiger partial charge in [-0.3, -0.25) is 4.57 Å². The van der Waals surface area contributed by atoms with Crippen LogP contribution in [0.25, 0.3) is 6.08 Å². The molecule has 4 N–H and O–H groups in total. The minimum absolute atomic E-state index is 0.0678. The van der Waals surface area contributed by atoms with Crippen molar-refractivity contribution in [1.82, 2.24) is 9.55 Å². The number of nitrogens with two attached hydrogens (primary N) is 1. The summed E-state index contributed by atoms with van der Waals surface area (Å²) in [7, 11) is 0. The monoisotopic (exact) mass is 379 g/mol. The molecule has 2 heterocycles. The smallest absolute Gasteiger partial charge is 0.363 e. The molecule has 9 nitrogen and oxygen atoms in total. The van der Waals surface area contributed by atoms with Gasteiger partial charge in [0.05, 0.1) is 12.7 Å². The van der Waals surface area contributed by atoms with Crippen molar-refractivity contribution < 1.29 is 24.5 Å². The van der Waals surface area contributed by atoms with Gasteiger partial charge < -0.3 is 25.4 Å². The lowest BCUT2D eigenvalue weighted by atomic mass is 10.0. The molecule has 4 atom stereocenters. The van der Waals surface area contributed by atoms with Gasteiger partial charge in [-0.2, -0.15) is 4.98 Å². The molecule has 1 saturated carbocycles. The second-order valence-electron chi connectivity index (χ2n) is 7.14. The molecular weight excluding hydrogens is 354 g/mol. The summed E-state index contributed by atoms with van der Waals surface area (Å²) in [5.74, 6) is -0.785. The number of aliphatic hydroxyl groups is 2. The Hall–Kier alpha value is -2.23. The lowest BCUT2D eigenvalue weighted by Crippen LogP contribution is -2.57. The van der Waals surface area contributed by atoms with Crippen LogP contribution in [-0.2, 0) is 20.0 Å². The first-order valence-electron chi connectivity index (χ1n) is 9.04. The zero-order valence-corrected chi connectivity index (χ0v) is 15.2. The first-order valence-corrected chi connectivity index (χ1v) is 9.04. The van der Waals surface area contributed by atoms with E-state index in [1.54, 1.807) is 0 Å². The standard InChI is InChI=1S/C18H25N3O6/c1-3-12-8-21(17(25)20-15(12)19)18(14(23)13(22)10(2)27-18)16(24)26-9-11-6-4-5-7-11/h3,8,10-11,13-14,22-23H,1,4-7,9H2,2H3,(H2,19,20,25)/t10-,13-,14-,18+/m1/s1. The topological polar surface area (TPSA) is 137 Å². The fourth-order valence-electron chi connectivity index (χ4n) is 3.73. The predicted octanol–water partition coefficient (Wildman–Crippen LogP) is -0.00480. The van der Waals surface area contributed by atoms with Crippen molar-refractivity contribution in [1.29, 1.82) is 0 Å². The Morgan fingerprint density at radius 1 is 1.52 bits per heavy atom. The molecular formula is C18H25N3O6. The number of ether oxygens (including phenoxy) is 2. The summed E-state index contributed by atoms with van der Waals surface area (Å²) in [5.41, 5.74) is 2.82. The zero-order valence-electron chi connectivity index (χ0n) is 15.2. The summed E-state index contributed by atoms with van der Waals surface area (Å²) in [6.45, 7) is 5.24. The number of aliphatic hydroxyl groups excluding tert-OH is 2. The van der Waals surface area contributed by atoms with E-state index in [-0.39, 0.29) is 23.9 Å². The van der Waals surface area contributed by atoms with Gasteiger partial charge in [0.1, 0.15) is 18.0 Å². The number of hydrogen-bond acceptors (Lipinski definition) is 8. The van der Waals surface area contributed by atoms with Gasteiger partial charge in [-0.15, -0.1) is 0 Å². The molecule has 2 aliphatic rings. The van der Waals surface area contributed by atoms with Crippen LogP contribution in [-0.4, -0.2) is 50.7 Å². The Morgan fingerprint density at radius 2 is 2.19 bits per heavy atom. The second-order valence-corrected chi connectivity index (χ2v) is 7.14. The highest BCUT2D eigenvalue weighted by molar-refractivity contribution is 5.79. The number of anilines is 1. The Bertz CT molecular complexity index is 788. The van der Waals surface area contributed by atoms with E-state index in [1.807, 2.05) is 0 Å². The van der Waals surface area contributed by atoms with E-state index in [0.717, 1.165) is 30.3 Å². The fraction of sp³-hybridized carbons (Fsp3) is 0.611. The molecule has 1 aromatic rings. The van der Waals surface area contributed by atoms with Gasteiger partial charge >= 0.3 is 11.7 Å². The summed E-state index contributed by atoms with van der Waals surface area (Å²) in [4.78, 5) is 29.2. The minimum Gasteiger partial charge on any atom is -0.462 e. The number of esters is 1. The van der Waals surface area contributed by atoms with Crippen LogP contribution in [0.5, 0.6) is 0 Å². The largest absolute Gasteiger partial charge is 0.462 e. The number of carbonyl (C=O) groups is 1. The van der Waals surface area contributed by atoms with Crippen LogP contribution in [0, 0.1) is 5.92 Å². The maximum Gasteiger partial charge on any atom is 0.363 e. The van der Waals surface area contributed by atoms with Gasteiger partial charge in [0, 0.05) is 11.8 Å². The van der Waals surface area contributed by atoms with Gasteiger partial charge in [0.25, 0.3) is 5.72 Å². The average molecular weight is 379 g/mol. The molecule has 2 fully saturated rings. The normalized spacial score (nSPS) is 31.1. The predicted molar refractivity (Wildman–Crippen MR) is 96.5 cm³/mol. The number of nitrogen functional groups attached to an aromatic ring is 1. The minimum atomic E-state index is -2.24. The van der Waals surface area contributed by atoms with E-state index in [0.29, 0.717) is 0 Å². The molecule has 0 bridgehead atoms. The van der Waals surface area contributed by atoms with E-state index in [1.165, 1.54) is 19.2 Å². The molecule has 148 valence electrons. The second kappa shape index (κ2) is 7.41. The molecule has 1 saturated heterocycles. The molecule has 0 aromatic carbocycles. The molecule has 1 aliphatic carbocycles. The van der Waals surface area contributed by atoms with Gasteiger partial charge in [-0.05, 0) is 25.7 Å². The van der Waals surface area contributed by atoms with Crippen molar-refractivity contribution in [2.24, 2.45) is 5.92 Å². The van der Waals surface area contributed by atoms with Crippen LogP contribution in [0.2, 0.25) is 0 Å². The summed E-state index contributed by atoms with van der Waals surface area (Å²) < 4.78 is 11.9. The summed E-state index contributed by atoms with van der Waals surface area (Å²) >= 11 is 0. The highest BCUT2D eigenvalue weighted by Gasteiger charge is 2.61. The highest BCUT2D eigenvalue weighted by Crippen LogP contribution is 2.37. The zero-order chi connectivity index (χ0) is 19.8. The van der Waals surface area contributed by atoms with Gasteiger partial charge in [0.15, 0.2) is 0 Å². The Kier molecular flexibility index (Phi) is 5.36. The van der Waals surface area contributed by atoms with E-state index < -0.39 is 35.7 Å². The van der Waals surface area contributed by atoms with Crippen LogP contribution in [0.15, 0.2) is 17.6 Å². The number of nitrogens with zero attached hydrogens (tertiary/aromatic N) is 2. The van der Waals surface area contributed by atoms with Crippen molar-refractivity contribution in [3.63, 3.8) is 0 Å². The Labute approximate surface area is 156 Å². The maximum atomic E-state index is 13.0. The van der Waals surface area contributed by atoms with Gasteiger partial charge in [-0.25, -0.2) is 9.59 Å². The van der Waals surface area contributed by atoms with Gasteiger partial charge in [-0.1, -0.05) is 25.5 Å². The molecule has 0 radical (unpaired) electrons. The van der Waals surface area contributed by atoms with E-state index in [2.05, 4.69) is 11.6 Å². The quantitative estimate of drug-likeness (QED) is 0.608. The molecule has 1 aliphatic heterocycles. The maximum absolute atomic E-state index is 13.0. The number of aromatic nitrogens is 2. The lowest BCUT2D eigenvalue weighted by molar-refractivity contribution is -0.200. The molecule has 0 spiro atoms. The van der Waals surface area contributed by atoms with E-state index in [9.17, 15) is 19.8 Å². The van der Waals surface area contributed by atoms with Crippen LogP contribution in [0.3, 0.4) is 0 Å². The third-order valence-electron chi connectivity index (χ3n) is 5.35.